The highest BCUT2D eigenvalue weighted by molar-refractivity contribution is 8.02. The monoisotopic (exact) mass is 491 g/mol. The number of amides is 3. The Bertz CT molecular complexity index is 1350. The summed E-state index contributed by atoms with van der Waals surface area (Å²) in [7, 11) is 1.56. The number of anilines is 3. The zero-order valence-corrected chi connectivity index (χ0v) is 19.9. The fraction of sp³-hybridized carbons (Fsp3) is 0.192. The van der Waals surface area contributed by atoms with Crippen molar-refractivity contribution in [3.05, 3.63) is 83.7 Å². The quantitative estimate of drug-likeness (QED) is 0.582. The zero-order valence-electron chi connectivity index (χ0n) is 19.1. The van der Waals surface area contributed by atoms with Crippen LogP contribution in [0.5, 0.6) is 5.75 Å². The minimum Gasteiger partial charge on any atom is -0.497 e. The van der Waals surface area contributed by atoms with Crippen LogP contribution in [0.3, 0.4) is 0 Å². The van der Waals surface area contributed by atoms with Crippen LogP contribution in [0.25, 0.3) is 0 Å². The van der Waals surface area contributed by atoms with Crippen molar-refractivity contribution in [3.63, 3.8) is 0 Å². The smallest absolute Gasteiger partial charge is 0.269 e. The molecule has 0 unspecified atom stereocenters. The minimum atomic E-state index is -1.41. The molecule has 3 amide bonds. The molecule has 2 aliphatic heterocycles. The van der Waals surface area contributed by atoms with Crippen molar-refractivity contribution in [2.24, 2.45) is 0 Å². The lowest BCUT2D eigenvalue weighted by Gasteiger charge is -2.33. The van der Waals surface area contributed by atoms with Gasteiger partial charge in [-0.2, -0.15) is 0 Å². The van der Waals surface area contributed by atoms with E-state index >= 15 is 0 Å². The Morgan fingerprint density at radius 1 is 1.11 bits per heavy atom. The second-order valence-electron chi connectivity index (χ2n) is 8.33. The molecule has 2 heterocycles. The molecule has 0 aliphatic carbocycles. The number of methoxy groups -OCH3 is 1. The van der Waals surface area contributed by atoms with E-state index in [1.54, 1.807) is 43.5 Å². The molecular weight excluding hydrogens is 469 g/mol. The van der Waals surface area contributed by atoms with E-state index in [9.17, 15) is 18.8 Å². The van der Waals surface area contributed by atoms with Crippen molar-refractivity contribution < 1.29 is 23.5 Å². The van der Waals surface area contributed by atoms with Crippen LogP contribution in [0.1, 0.15) is 11.1 Å². The number of rotatable bonds is 5. The van der Waals surface area contributed by atoms with Crippen LogP contribution in [-0.2, 0) is 19.3 Å². The van der Waals surface area contributed by atoms with Crippen molar-refractivity contribution in [3.8, 4) is 5.75 Å². The lowest BCUT2D eigenvalue weighted by molar-refractivity contribution is -0.124. The normalized spacial score (nSPS) is 18.8. The maximum absolute atomic E-state index is 14.1. The standard InChI is InChI=1S/C26H22FN3O4S/c1-16-6-11-22-21(12-16)26(30(24(32)15-35-26)19-5-3-4-17(27)13-19)25(33)29(22)14-23(31)28-18-7-9-20(34-2)10-8-18/h3-13H,14-15H2,1-2H3,(H,28,31)/t26-/m1/s1. The first-order valence-corrected chi connectivity index (χ1v) is 11.9. The Balaban J connectivity index is 1.51. The van der Waals surface area contributed by atoms with E-state index in [0.717, 1.165) is 5.56 Å². The average Bonchev–Trinajstić information content (AvgIpc) is 3.30. The van der Waals surface area contributed by atoms with E-state index in [1.807, 2.05) is 19.1 Å². The molecular formula is C26H22FN3O4S. The largest absolute Gasteiger partial charge is 0.497 e. The van der Waals surface area contributed by atoms with E-state index in [0.29, 0.717) is 28.4 Å². The van der Waals surface area contributed by atoms with Gasteiger partial charge in [0, 0.05) is 16.9 Å². The lowest BCUT2D eigenvalue weighted by atomic mass is 10.0. The predicted molar refractivity (Wildman–Crippen MR) is 133 cm³/mol. The van der Waals surface area contributed by atoms with Gasteiger partial charge in [0.2, 0.25) is 16.7 Å². The Kier molecular flexibility index (Phi) is 5.72. The van der Waals surface area contributed by atoms with E-state index in [-0.39, 0.29) is 18.2 Å². The van der Waals surface area contributed by atoms with Gasteiger partial charge in [0.05, 0.1) is 18.6 Å². The fourth-order valence-corrected chi connectivity index (χ4v) is 5.86. The number of benzene rings is 3. The van der Waals surface area contributed by atoms with E-state index < -0.39 is 22.5 Å². The predicted octanol–water partition coefficient (Wildman–Crippen LogP) is 4.06. The third-order valence-corrected chi connectivity index (χ3v) is 7.44. The summed E-state index contributed by atoms with van der Waals surface area (Å²) in [6, 6.07) is 18.0. The summed E-state index contributed by atoms with van der Waals surface area (Å²) in [5.74, 6) is -0.897. The number of halogens is 1. The molecule has 7 nitrogen and oxygen atoms in total. The number of hydrogen-bond acceptors (Lipinski definition) is 5. The van der Waals surface area contributed by atoms with Crippen LogP contribution in [0.4, 0.5) is 21.5 Å². The molecule has 0 aromatic heterocycles. The topological polar surface area (TPSA) is 79.0 Å². The van der Waals surface area contributed by atoms with Gasteiger partial charge in [-0.1, -0.05) is 23.8 Å². The van der Waals surface area contributed by atoms with Crippen molar-refractivity contribution in [2.45, 2.75) is 11.8 Å². The number of aryl methyl sites for hydroxylation is 1. The molecule has 1 spiro atoms. The molecule has 35 heavy (non-hydrogen) atoms. The van der Waals surface area contributed by atoms with Gasteiger partial charge in [-0.05, 0) is 55.5 Å². The number of carbonyl (C=O) groups excluding carboxylic acids is 3. The van der Waals surface area contributed by atoms with Crippen LogP contribution < -0.4 is 19.9 Å². The summed E-state index contributed by atoms with van der Waals surface area (Å²) in [6.45, 7) is 1.65. The number of carbonyl (C=O) groups is 3. The molecule has 0 bridgehead atoms. The first-order chi connectivity index (χ1) is 16.8. The lowest BCUT2D eigenvalue weighted by Crippen LogP contribution is -2.51. The highest BCUT2D eigenvalue weighted by atomic mass is 32.2. The van der Waals surface area contributed by atoms with Crippen molar-refractivity contribution in [1.29, 1.82) is 0 Å². The molecule has 1 N–H and O–H groups in total. The van der Waals surface area contributed by atoms with Gasteiger partial charge in [0.15, 0.2) is 0 Å². The van der Waals surface area contributed by atoms with E-state index in [1.165, 1.54) is 39.8 Å². The second-order valence-corrected chi connectivity index (χ2v) is 9.50. The van der Waals surface area contributed by atoms with Gasteiger partial charge in [-0.3, -0.25) is 24.2 Å². The summed E-state index contributed by atoms with van der Waals surface area (Å²) >= 11 is 1.18. The van der Waals surface area contributed by atoms with Gasteiger partial charge in [0.1, 0.15) is 18.1 Å². The number of ether oxygens (including phenoxy) is 1. The molecule has 3 aromatic carbocycles. The van der Waals surface area contributed by atoms with Crippen molar-refractivity contribution in [2.75, 3.05) is 34.5 Å². The van der Waals surface area contributed by atoms with Crippen molar-refractivity contribution in [1.82, 2.24) is 0 Å². The summed E-state index contributed by atoms with van der Waals surface area (Å²) in [5, 5.41) is 2.80. The van der Waals surface area contributed by atoms with E-state index in [4.69, 9.17) is 4.74 Å². The second kappa shape index (κ2) is 8.74. The van der Waals surface area contributed by atoms with Crippen molar-refractivity contribution >= 4 is 46.5 Å². The van der Waals surface area contributed by atoms with Crippen LogP contribution in [0.15, 0.2) is 66.7 Å². The molecule has 9 heteroatoms. The molecule has 178 valence electrons. The number of thioether (sulfide) groups is 1. The minimum absolute atomic E-state index is 0.0571. The molecule has 1 saturated heterocycles. The Morgan fingerprint density at radius 3 is 2.60 bits per heavy atom. The summed E-state index contributed by atoms with van der Waals surface area (Å²) in [6.07, 6.45) is 0. The molecule has 3 aromatic rings. The summed E-state index contributed by atoms with van der Waals surface area (Å²) < 4.78 is 19.2. The highest BCUT2D eigenvalue weighted by Gasteiger charge is 2.61. The molecule has 1 atom stereocenters. The van der Waals surface area contributed by atoms with E-state index in [2.05, 4.69) is 5.32 Å². The number of hydrogen-bond donors (Lipinski definition) is 1. The maximum atomic E-state index is 14.1. The first kappa shape index (κ1) is 22.9. The third kappa shape index (κ3) is 3.81. The van der Waals surface area contributed by atoms with Crippen LogP contribution in [0, 0.1) is 12.7 Å². The highest BCUT2D eigenvalue weighted by Crippen LogP contribution is 2.55. The Morgan fingerprint density at radius 2 is 1.89 bits per heavy atom. The average molecular weight is 492 g/mol. The molecule has 1 fully saturated rings. The van der Waals surface area contributed by atoms with Gasteiger partial charge < -0.3 is 10.1 Å². The Hall–Kier alpha value is -3.85. The summed E-state index contributed by atoms with van der Waals surface area (Å²) in [5.41, 5.74) is 2.92. The number of nitrogens with zero attached hydrogens (tertiary/aromatic N) is 2. The van der Waals surface area contributed by atoms with Gasteiger partial charge >= 0.3 is 0 Å². The zero-order chi connectivity index (χ0) is 24.7. The first-order valence-electron chi connectivity index (χ1n) is 10.9. The third-order valence-electron chi connectivity index (χ3n) is 6.05. The molecule has 0 saturated carbocycles. The number of fused-ring (bicyclic) bond motifs is 2. The van der Waals surface area contributed by atoms with Crippen LogP contribution in [-0.4, -0.2) is 37.1 Å². The SMILES string of the molecule is COc1ccc(NC(=O)CN2C(=O)[C@]3(SCC(=O)N3c3cccc(F)c3)c3cc(C)ccc32)cc1. The Labute approximate surface area is 205 Å². The molecule has 2 aliphatic rings. The van der Waals surface area contributed by atoms with Gasteiger partial charge in [0.25, 0.3) is 5.91 Å². The molecule has 0 radical (unpaired) electrons. The maximum Gasteiger partial charge on any atom is 0.269 e. The van der Waals surface area contributed by atoms with Gasteiger partial charge in [-0.25, -0.2) is 4.39 Å². The van der Waals surface area contributed by atoms with Crippen LogP contribution >= 0.6 is 11.8 Å². The van der Waals surface area contributed by atoms with Gasteiger partial charge in [-0.15, -0.1) is 11.8 Å². The number of nitrogens with one attached hydrogen (secondary N) is 1. The van der Waals surface area contributed by atoms with Crippen LogP contribution in [0.2, 0.25) is 0 Å². The fourth-order valence-electron chi connectivity index (χ4n) is 4.51. The summed E-state index contributed by atoms with van der Waals surface area (Å²) in [4.78, 5) is 41.3. The molecule has 5 rings (SSSR count).